The molecule has 0 unspecified atom stereocenters. The van der Waals surface area contributed by atoms with Gasteiger partial charge in [-0.15, -0.1) is 0 Å². The van der Waals surface area contributed by atoms with Crippen LogP contribution in [0.1, 0.15) is 32.1 Å². The number of thioether (sulfide) groups is 1. The lowest BCUT2D eigenvalue weighted by atomic mass is 10.1. The second-order valence-corrected chi connectivity index (χ2v) is 8.51. The van der Waals surface area contributed by atoms with E-state index in [9.17, 15) is 0 Å². The van der Waals surface area contributed by atoms with Crippen LogP contribution in [-0.2, 0) is 11.3 Å². The molecule has 1 aromatic carbocycles. The molecule has 3 heterocycles. The van der Waals surface area contributed by atoms with Crippen molar-refractivity contribution in [2.75, 3.05) is 32.0 Å². The molecule has 2 saturated heterocycles. The fourth-order valence-corrected chi connectivity index (χ4v) is 5.10. The van der Waals surface area contributed by atoms with Gasteiger partial charge in [-0.3, -0.25) is 0 Å². The molecule has 1 aromatic heterocycles. The van der Waals surface area contributed by atoms with E-state index < -0.39 is 0 Å². The minimum absolute atomic E-state index is 0.332. The van der Waals surface area contributed by atoms with Crippen molar-refractivity contribution in [3.8, 4) is 11.3 Å². The van der Waals surface area contributed by atoms with Gasteiger partial charge in [-0.05, 0) is 37.7 Å². The number of hydrogen-bond acceptors (Lipinski definition) is 3. The molecule has 1 N–H and O–H groups in total. The first-order chi connectivity index (χ1) is 12.9. The standard InChI is InChI=1S/C21H29N3OS/c1-3-8-18(9-4-1)20-16-22-21(24(20)17-19-10-7-14-25-19)26-15-13-23-11-5-2-6-12-23/h1,3-4,8-9,16,19H,2,5-7,10-15,17H2/p+1/t19-/m0/s1. The first kappa shape index (κ1) is 18.1. The smallest absolute Gasteiger partial charge is 0.168 e. The Kier molecular flexibility index (Phi) is 6.31. The van der Waals surface area contributed by atoms with Crippen LogP contribution in [0.25, 0.3) is 11.3 Å². The molecule has 0 bridgehead atoms. The van der Waals surface area contributed by atoms with Crippen molar-refractivity contribution in [1.29, 1.82) is 0 Å². The fourth-order valence-electron chi connectivity index (χ4n) is 4.07. The van der Waals surface area contributed by atoms with Crippen LogP contribution in [0, 0.1) is 0 Å². The van der Waals surface area contributed by atoms with E-state index in [0.29, 0.717) is 6.10 Å². The molecule has 0 amide bonds. The van der Waals surface area contributed by atoms with Crippen molar-refractivity contribution in [3.63, 3.8) is 0 Å². The van der Waals surface area contributed by atoms with Crippen molar-refractivity contribution < 1.29 is 9.64 Å². The van der Waals surface area contributed by atoms with Gasteiger partial charge in [0.05, 0.1) is 49.9 Å². The van der Waals surface area contributed by atoms with Gasteiger partial charge in [0, 0.05) is 6.61 Å². The number of piperidine rings is 1. The van der Waals surface area contributed by atoms with Crippen molar-refractivity contribution in [1.82, 2.24) is 9.55 Å². The lowest BCUT2D eigenvalue weighted by molar-refractivity contribution is -0.902. The highest BCUT2D eigenvalue weighted by Gasteiger charge is 2.21. The summed E-state index contributed by atoms with van der Waals surface area (Å²) in [7, 11) is 0. The first-order valence-corrected chi connectivity index (χ1v) is 11.1. The minimum atomic E-state index is 0.332. The van der Waals surface area contributed by atoms with Crippen LogP contribution in [0.15, 0.2) is 41.7 Å². The number of aromatic nitrogens is 2. The van der Waals surface area contributed by atoms with E-state index in [2.05, 4.69) is 34.9 Å². The van der Waals surface area contributed by atoms with E-state index in [4.69, 9.17) is 9.72 Å². The number of benzene rings is 1. The Bertz CT molecular complexity index is 676. The fraction of sp³-hybridized carbons (Fsp3) is 0.571. The first-order valence-electron chi connectivity index (χ1n) is 10.1. The quantitative estimate of drug-likeness (QED) is 0.759. The maximum absolute atomic E-state index is 5.91. The Morgan fingerprint density at radius 2 is 1.96 bits per heavy atom. The number of imidazole rings is 1. The van der Waals surface area contributed by atoms with Crippen LogP contribution in [0.2, 0.25) is 0 Å². The zero-order chi connectivity index (χ0) is 17.6. The molecule has 4 nitrogen and oxygen atoms in total. The predicted octanol–water partition coefficient (Wildman–Crippen LogP) is 2.89. The summed E-state index contributed by atoms with van der Waals surface area (Å²) in [5.41, 5.74) is 2.46. The summed E-state index contributed by atoms with van der Waals surface area (Å²) in [6, 6.07) is 10.6. The number of likely N-dealkylation sites (tertiary alicyclic amines) is 1. The lowest BCUT2D eigenvalue weighted by Gasteiger charge is -2.23. The molecule has 26 heavy (non-hydrogen) atoms. The van der Waals surface area contributed by atoms with E-state index in [1.807, 2.05) is 18.0 Å². The van der Waals surface area contributed by atoms with Crippen molar-refractivity contribution in [2.24, 2.45) is 0 Å². The topological polar surface area (TPSA) is 31.5 Å². The third kappa shape index (κ3) is 4.51. The highest BCUT2D eigenvalue weighted by molar-refractivity contribution is 7.99. The number of ether oxygens (including phenoxy) is 1. The van der Waals surface area contributed by atoms with Crippen LogP contribution in [0.5, 0.6) is 0 Å². The van der Waals surface area contributed by atoms with Crippen LogP contribution in [-0.4, -0.2) is 47.6 Å². The summed E-state index contributed by atoms with van der Waals surface area (Å²) in [5.74, 6) is 1.14. The number of rotatable bonds is 7. The van der Waals surface area contributed by atoms with Crippen LogP contribution in [0.4, 0.5) is 0 Å². The second-order valence-electron chi connectivity index (χ2n) is 7.45. The molecular formula is C21H30N3OS+. The Labute approximate surface area is 160 Å². The molecule has 0 radical (unpaired) electrons. The summed E-state index contributed by atoms with van der Waals surface area (Å²) in [5, 5.41) is 1.15. The van der Waals surface area contributed by atoms with Gasteiger partial charge in [0.2, 0.25) is 0 Å². The highest BCUT2D eigenvalue weighted by Crippen LogP contribution is 2.28. The molecule has 5 heteroatoms. The van der Waals surface area contributed by atoms with Gasteiger partial charge in [0.25, 0.3) is 0 Å². The summed E-state index contributed by atoms with van der Waals surface area (Å²) in [6.45, 7) is 5.77. The van der Waals surface area contributed by atoms with E-state index in [-0.39, 0.29) is 0 Å². The molecule has 2 aliphatic heterocycles. The van der Waals surface area contributed by atoms with Crippen molar-refractivity contribution in [3.05, 3.63) is 36.5 Å². The van der Waals surface area contributed by atoms with Crippen molar-refractivity contribution in [2.45, 2.75) is 49.9 Å². The molecule has 4 rings (SSSR count). The average Bonchev–Trinajstić information content (AvgIpc) is 3.34. The third-order valence-electron chi connectivity index (χ3n) is 5.55. The molecule has 2 aliphatic rings. The zero-order valence-corrected chi connectivity index (χ0v) is 16.3. The predicted molar refractivity (Wildman–Crippen MR) is 107 cm³/mol. The highest BCUT2D eigenvalue weighted by atomic mass is 32.2. The van der Waals surface area contributed by atoms with E-state index >= 15 is 0 Å². The number of quaternary nitrogens is 1. The maximum Gasteiger partial charge on any atom is 0.168 e. The average molecular weight is 373 g/mol. The minimum Gasteiger partial charge on any atom is -0.376 e. The summed E-state index contributed by atoms with van der Waals surface area (Å²) in [6.07, 6.45) is 8.93. The lowest BCUT2D eigenvalue weighted by Crippen LogP contribution is -3.13. The van der Waals surface area contributed by atoms with E-state index in [1.165, 1.54) is 56.6 Å². The normalized spacial score (nSPS) is 21.3. The van der Waals surface area contributed by atoms with Gasteiger partial charge in [-0.25, -0.2) is 4.98 Å². The second kappa shape index (κ2) is 9.07. The van der Waals surface area contributed by atoms with Gasteiger partial charge in [0.1, 0.15) is 0 Å². The number of nitrogens with one attached hydrogen (secondary N) is 1. The molecule has 1 atom stereocenters. The van der Waals surface area contributed by atoms with E-state index in [0.717, 1.165) is 30.5 Å². The van der Waals surface area contributed by atoms with Crippen LogP contribution < -0.4 is 4.90 Å². The molecule has 2 fully saturated rings. The van der Waals surface area contributed by atoms with Crippen LogP contribution >= 0.6 is 11.8 Å². The molecular weight excluding hydrogens is 342 g/mol. The molecule has 2 aromatic rings. The van der Waals surface area contributed by atoms with Gasteiger partial charge >= 0.3 is 0 Å². The molecule has 0 spiro atoms. The number of hydrogen-bond donors (Lipinski definition) is 1. The monoisotopic (exact) mass is 372 g/mol. The van der Waals surface area contributed by atoms with E-state index in [1.54, 1.807) is 4.90 Å². The van der Waals surface area contributed by atoms with Gasteiger partial charge in [-0.2, -0.15) is 0 Å². The van der Waals surface area contributed by atoms with Crippen molar-refractivity contribution >= 4 is 11.8 Å². The Morgan fingerprint density at radius 3 is 2.73 bits per heavy atom. The molecule has 0 aliphatic carbocycles. The number of nitrogens with zero attached hydrogens (tertiary/aromatic N) is 2. The molecule has 140 valence electrons. The Balaban J connectivity index is 1.46. The largest absolute Gasteiger partial charge is 0.376 e. The SMILES string of the molecule is c1ccc(-c2cnc(SCC[NH+]3CCCCC3)n2C[C@@H]2CCCO2)cc1. The molecule has 0 saturated carbocycles. The zero-order valence-electron chi connectivity index (χ0n) is 15.5. The Morgan fingerprint density at radius 1 is 1.12 bits per heavy atom. The Hall–Kier alpha value is -1.30. The van der Waals surface area contributed by atoms with Gasteiger partial charge in [0.15, 0.2) is 5.16 Å². The van der Waals surface area contributed by atoms with Gasteiger partial charge in [-0.1, -0.05) is 42.1 Å². The maximum atomic E-state index is 5.91. The summed E-state index contributed by atoms with van der Waals surface area (Å²) >= 11 is 1.92. The summed E-state index contributed by atoms with van der Waals surface area (Å²) < 4.78 is 8.30. The third-order valence-corrected chi connectivity index (χ3v) is 6.54. The van der Waals surface area contributed by atoms with Crippen LogP contribution in [0.3, 0.4) is 0 Å². The van der Waals surface area contributed by atoms with Gasteiger partial charge < -0.3 is 14.2 Å². The summed E-state index contributed by atoms with van der Waals surface area (Å²) in [4.78, 5) is 6.55.